The summed E-state index contributed by atoms with van der Waals surface area (Å²) in [5, 5.41) is 3.04. The highest BCUT2D eigenvalue weighted by Gasteiger charge is 2.12. The Morgan fingerprint density at radius 1 is 0.667 bits per heavy atom. The van der Waals surface area contributed by atoms with Gasteiger partial charge in [-0.2, -0.15) is 0 Å². The van der Waals surface area contributed by atoms with Crippen LogP contribution in [0.25, 0.3) is 0 Å². The van der Waals surface area contributed by atoms with Crippen LogP contribution in [-0.2, 0) is 4.79 Å². The molecule has 0 bridgehead atoms. The molecule has 0 saturated carbocycles. The smallest absolute Gasteiger partial charge is 0.220 e. The summed E-state index contributed by atoms with van der Waals surface area (Å²) in [5.74, 6) is 0.141. The fourth-order valence-corrected chi connectivity index (χ4v) is 3.38. The third kappa shape index (κ3) is 21.5. The van der Waals surface area contributed by atoms with Gasteiger partial charge in [-0.15, -0.1) is 0 Å². The Bertz CT molecular complexity index is 628. The summed E-state index contributed by atoms with van der Waals surface area (Å²) in [6, 6.07) is 1.00. The van der Waals surface area contributed by atoms with Gasteiger partial charge in [-0.3, -0.25) is 9.69 Å². The van der Waals surface area contributed by atoms with Gasteiger partial charge in [0.25, 0.3) is 0 Å². The molecule has 0 aliphatic heterocycles. The molecule has 0 aliphatic carbocycles. The van der Waals surface area contributed by atoms with Gasteiger partial charge in [0, 0.05) is 31.6 Å². The molecule has 3 nitrogen and oxygen atoms in total. The molecular weight excluding hydrogens is 404 g/mol. The summed E-state index contributed by atoms with van der Waals surface area (Å²) in [5.41, 5.74) is 0. The van der Waals surface area contributed by atoms with E-state index in [2.05, 4.69) is 118 Å². The molecule has 1 amide bonds. The van der Waals surface area contributed by atoms with Crippen molar-refractivity contribution in [1.29, 1.82) is 0 Å². The predicted octanol–water partition coefficient (Wildman–Crippen LogP) is 7.70. The molecule has 0 aromatic carbocycles. The van der Waals surface area contributed by atoms with E-state index < -0.39 is 0 Å². The molecule has 0 aromatic heterocycles. The lowest BCUT2D eigenvalue weighted by Gasteiger charge is -2.30. The molecule has 3 heteroatoms. The molecule has 0 unspecified atom stereocenters. The van der Waals surface area contributed by atoms with E-state index in [0.717, 1.165) is 58.0 Å². The number of nitrogens with zero attached hydrogens (tertiary/aromatic N) is 1. The Hall–Kier alpha value is -2.13. The van der Waals surface area contributed by atoms with Crippen molar-refractivity contribution in [2.75, 3.05) is 13.1 Å². The largest absolute Gasteiger partial charge is 0.355 e. The molecule has 33 heavy (non-hydrogen) atoms. The van der Waals surface area contributed by atoms with E-state index in [1.807, 2.05) is 0 Å². The third-order valence-electron chi connectivity index (χ3n) is 5.15. The van der Waals surface area contributed by atoms with E-state index in [1.165, 1.54) is 0 Å². The molecule has 0 atom stereocenters. The van der Waals surface area contributed by atoms with Crippen LogP contribution in [0.5, 0.6) is 0 Å². The van der Waals surface area contributed by atoms with Gasteiger partial charge in [0.1, 0.15) is 0 Å². The number of rotatable bonds is 19. The zero-order chi connectivity index (χ0) is 24.6. The summed E-state index contributed by atoms with van der Waals surface area (Å²) in [6.07, 6.45) is 33.7. The normalized spacial score (nSPS) is 13.2. The van der Waals surface area contributed by atoms with Gasteiger partial charge in [-0.05, 0) is 72.6 Å². The van der Waals surface area contributed by atoms with Gasteiger partial charge in [-0.1, -0.05) is 79.8 Å². The van der Waals surface area contributed by atoms with Gasteiger partial charge in [-0.25, -0.2) is 0 Å². The van der Waals surface area contributed by atoms with Crippen LogP contribution in [0.3, 0.4) is 0 Å². The summed E-state index contributed by atoms with van der Waals surface area (Å²) in [4.78, 5) is 14.3. The number of amides is 1. The molecule has 0 fully saturated rings. The minimum atomic E-state index is 0.141. The highest BCUT2D eigenvalue weighted by Crippen LogP contribution is 2.03. The third-order valence-corrected chi connectivity index (χ3v) is 5.15. The lowest BCUT2D eigenvalue weighted by molar-refractivity contribution is -0.121. The molecule has 0 spiro atoms. The van der Waals surface area contributed by atoms with Crippen LogP contribution < -0.4 is 5.32 Å². The summed E-state index contributed by atoms with van der Waals surface area (Å²) < 4.78 is 0. The second-order valence-corrected chi connectivity index (χ2v) is 8.73. The van der Waals surface area contributed by atoms with Crippen LogP contribution in [0.1, 0.15) is 86.0 Å². The number of carbonyl (C=O) groups is 1. The molecule has 0 heterocycles. The Morgan fingerprint density at radius 2 is 1.06 bits per heavy atom. The van der Waals surface area contributed by atoms with Gasteiger partial charge in [0.2, 0.25) is 5.91 Å². The van der Waals surface area contributed by atoms with E-state index in [9.17, 15) is 4.79 Å². The zero-order valence-electron chi connectivity index (χ0n) is 22.0. The minimum absolute atomic E-state index is 0.141. The van der Waals surface area contributed by atoms with E-state index in [-0.39, 0.29) is 5.91 Å². The minimum Gasteiger partial charge on any atom is -0.355 e. The monoisotopic (exact) mass is 454 g/mol. The Kier molecular flexibility index (Phi) is 21.6. The number of hydrogen-bond acceptors (Lipinski definition) is 2. The van der Waals surface area contributed by atoms with Crippen molar-refractivity contribution in [2.45, 2.75) is 98.1 Å². The Labute approximate surface area is 205 Å². The van der Waals surface area contributed by atoms with Gasteiger partial charge in [0.15, 0.2) is 0 Å². The molecule has 0 rings (SSSR count). The fourth-order valence-electron chi connectivity index (χ4n) is 3.38. The second kappa shape index (κ2) is 23.0. The van der Waals surface area contributed by atoms with Crippen molar-refractivity contribution >= 4 is 5.91 Å². The van der Waals surface area contributed by atoms with E-state index >= 15 is 0 Å². The number of hydrogen-bond donors (Lipinski definition) is 1. The maximum absolute atomic E-state index is 12.0. The molecule has 1 N–H and O–H groups in total. The quantitative estimate of drug-likeness (QED) is 0.203. The molecule has 0 aliphatic rings. The number of allylic oxidation sites excluding steroid dienone is 12. The first-order chi connectivity index (χ1) is 16.0. The van der Waals surface area contributed by atoms with Gasteiger partial charge >= 0.3 is 0 Å². The molecular formula is C30H50N2O. The standard InChI is InChI=1S/C30H50N2O/c1-6-7-8-9-10-11-12-13-14-15-16-17-18-19-20-21-22-23-24-25-30(33)31-26-27-32(28(2)3)29(4)5/h7-8,10-11,13-14,16-17,19-20,22-23,28-29H,6,9,12,15,18,21,24-27H2,1-5H3,(H,31,33)/b8-7-,11-10-,14-13-,17-16-,20-19-,23-22-. The highest BCUT2D eigenvalue weighted by atomic mass is 16.1. The SMILES string of the molecule is CC/C=C\C/C=C\C/C=C\C/C=C\C/C=C\C/C=C\CCC(=O)NCCN(C(C)C)C(C)C. The van der Waals surface area contributed by atoms with Gasteiger partial charge in [0.05, 0.1) is 0 Å². The van der Waals surface area contributed by atoms with Crippen molar-refractivity contribution in [3.05, 3.63) is 72.9 Å². The van der Waals surface area contributed by atoms with Crippen molar-refractivity contribution in [3.63, 3.8) is 0 Å². The first kappa shape index (κ1) is 30.9. The first-order valence-corrected chi connectivity index (χ1v) is 12.9. The molecule has 0 radical (unpaired) electrons. The summed E-state index contributed by atoms with van der Waals surface area (Å²) >= 11 is 0. The first-order valence-electron chi connectivity index (χ1n) is 12.9. The molecule has 0 saturated heterocycles. The molecule has 186 valence electrons. The summed E-state index contributed by atoms with van der Waals surface area (Å²) in [6.45, 7) is 12.6. The van der Waals surface area contributed by atoms with Crippen molar-refractivity contribution in [1.82, 2.24) is 10.2 Å². The van der Waals surface area contributed by atoms with Crippen LogP contribution in [0.4, 0.5) is 0 Å². The highest BCUT2D eigenvalue weighted by molar-refractivity contribution is 5.75. The topological polar surface area (TPSA) is 32.3 Å². The van der Waals surface area contributed by atoms with Crippen molar-refractivity contribution < 1.29 is 4.79 Å². The summed E-state index contributed by atoms with van der Waals surface area (Å²) in [7, 11) is 0. The lowest BCUT2D eigenvalue weighted by atomic mass is 10.2. The zero-order valence-corrected chi connectivity index (χ0v) is 22.0. The van der Waals surface area contributed by atoms with E-state index in [4.69, 9.17) is 0 Å². The van der Waals surface area contributed by atoms with Gasteiger partial charge < -0.3 is 5.32 Å². The van der Waals surface area contributed by atoms with Crippen LogP contribution >= 0.6 is 0 Å². The van der Waals surface area contributed by atoms with Crippen LogP contribution in [0.2, 0.25) is 0 Å². The maximum atomic E-state index is 12.0. The van der Waals surface area contributed by atoms with Crippen molar-refractivity contribution in [2.24, 2.45) is 0 Å². The predicted molar refractivity (Wildman–Crippen MR) is 147 cm³/mol. The van der Waals surface area contributed by atoms with Crippen LogP contribution in [0.15, 0.2) is 72.9 Å². The Morgan fingerprint density at radius 3 is 1.45 bits per heavy atom. The number of carbonyl (C=O) groups excluding carboxylic acids is 1. The second-order valence-electron chi connectivity index (χ2n) is 8.73. The van der Waals surface area contributed by atoms with E-state index in [0.29, 0.717) is 18.5 Å². The lowest BCUT2D eigenvalue weighted by Crippen LogP contribution is -2.42. The van der Waals surface area contributed by atoms with E-state index in [1.54, 1.807) is 0 Å². The van der Waals surface area contributed by atoms with Crippen LogP contribution in [-0.4, -0.2) is 36.0 Å². The average Bonchev–Trinajstić information content (AvgIpc) is 2.77. The van der Waals surface area contributed by atoms with Crippen LogP contribution in [0, 0.1) is 0 Å². The fraction of sp³-hybridized carbons (Fsp3) is 0.567. The van der Waals surface area contributed by atoms with Crippen molar-refractivity contribution in [3.8, 4) is 0 Å². The number of nitrogens with one attached hydrogen (secondary N) is 1. The molecule has 0 aromatic rings. The maximum Gasteiger partial charge on any atom is 0.220 e. The average molecular weight is 455 g/mol. The Balaban J connectivity index is 3.70.